The molecule has 164 valence electrons. The number of nitrogens with zero attached hydrogens (tertiary/aromatic N) is 3. The molecule has 2 amide bonds. The third-order valence-corrected chi connectivity index (χ3v) is 4.04. The molecule has 3 N–H and O–H groups in total. The van der Waals surface area contributed by atoms with E-state index >= 15 is 0 Å². The average molecular weight is 425 g/mol. The Labute approximate surface area is 181 Å². The molecule has 0 atom stereocenters. The number of para-hydroxylation sites is 1. The zero-order valence-electron chi connectivity index (χ0n) is 18.2. The molecule has 3 heterocycles. The lowest BCUT2D eigenvalue weighted by Crippen LogP contribution is -2.29. The van der Waals surface area contributed by atoms with Crippen LogP contribution in [0.1, 0.15) is 49.6 Å². The van der Waals surface area contributed by atoms with Crippen LogP contribution in [0.5, 0.6) is 0 Å². The largest absolute Gasteiger partial charge is 0.372 e. The van der Waals surface area contributed by atoms with Crippen molar-refractivity contribution < 1.29 is 14.1 Å². The summed E-state index contributed by atoms with van der Waals surface area (Å²) < 4.78 is 5.26. The number of carbonyl (C=O) groups is 2. The Balaban J connectivity index is 0.000000807. The number of rotatable bonds is 5. The smallest absolute Gasteiger partial charge is 0.277 e. The van der Waals surface area contributed by atoms with E-state index in [2.05, 4.69) is 31.1 Å². The molecule has 9 heteroatoms. The first kappa shape index (κ1) is 23.5. The maximum Gasteiger partial charge on any atom is 0.277 e. The minimum absolute atomic E-state index is 0.142. The van der Waals surface area contributed by atoms with Crippen LogP contribution in [0.3, 0.4) is 0 Å². The van der Waals surface area contributed by atoms with E-state index in [9.17, 15) is 9.59 Å². The number of anilines is 3. The van der Waals surface area contributed by atoms with E-state index in [0.717, 1.165) is 5.69 Å². The molecule has 3 aromatic rings. The minimum atomic E-state index is -0.333. The van der Waals surface area contributed by atoms with Gasteiger partial charge in [-0.05, 0) is 18.6 Å². The predicted molar refractivity (Wildman–Crippen MR) is 120 cm³/mol. The van der Waals surface area contributed by atoms with Gasteiger partial charge in [0.05, 0.1) is 17.9 Å². The summed E-state index contributed by atoms with van der Waals surface area (Å²) in [6.45, 7) is 8.18. The van der Waals surface area contributed by atoms with Crippen molar-refractivity contribution in [3.8, 4) is 0 Å². The second-order valence-corrected chi connectivity index (χ2v) is 5.94. The quantitative estimate of drug-likeness (QED) is 0.567. The molecule has 1 aliphatic rings. The number of nitrogens with one attached hydrogen (secondary N) is 3. The number of carbonyl (C=O) groups excluding carboxylic acids is 2. The lowest BCUT2D eigenvalue weighted by Gasteiger charge is -2.19. The standard InChI is InChI=1S/C18H16N6O3.2C2H6/c25-15-9-19-16-13(20-10-21-17(16)23-15)7-6-12-8-14(24-27-12)18(26)22-11-4-2-1-3-5-11;2*1-2/h1-5,8,10,19H,6-7,9H2,(H,22,26)(H,20,21,23,25);2*1-2H3. The van der Waals surface area contributed by atoms with Gasteiger partial charge < -0.3 is 20.5 Å². The predicted octanol–water partition coefficient (Wildman–Crippen LogP) is 3.92. The summed E-state index contributed by atoms with van der Waals surface area (Å²) in [5.74, 6) is 0.564. The number of amides is 2. The van der Waals surface area contributed by atoms with Crippen molar-refractivity contribution in [1.29, 1.82) is 0 Å². The van der Waals surface area contributed by atoms with Crippen LogP contribution in [-0.2, 0) is 17.6 Å². The van der Waals surface area contributed by atoms with Gasteiger partial charge in [-0.2, -0.15) is 0 Å². The Kier molecular flexibility index (Phi) is 9.15. The van der Waals surface area contributed by atoms with Gasteiger partial charge in [-0.1, -0.05) is 51.1 Å². The molecule has 0 fully saturated rings. The Hall–Kier alpha value is -3.75. The van der Waals surface area contributed by atoms with Gasteiger partial charge in [-0.25, -0.2) is 9.97 Å². The number of fused-ring (bicyclic) bond motifs is 1. The van der Waals surface area contributed by atoms with Crippen molar-refractivity contribution in [3.63, 3.8) is 0 Å². The fraction of sp³-hybridized carbons (Fsp3) is 0.318. The number of aryl methyl sites for hydroxylation is 2. The van der Waals surface area contributed by atoms with Gasteiger partial charge in [-0.15, -0.1) is 0 Å². The molecular weight excluding hydrogens is 396 g/mol. The Morgan fingerprint density at radius 2 is 1.84 bits per heavy atom. The molecule has 0 aliphatic carbocycles. The van der Waals surface area contributed by atoms with Crippen molar-refractivity contribution in [2.75, 3.05) is 22.5 Å². The number of hydrogen-bond acceptors (Lipinski definition) is 7. The molecule has 31 heavy (non-hydrogen) atoms. The second-order valence-electron chi connectivity index (χ2n) is 5.94. The number of aromatic nitrogens is 3. The average Bonchev–Trinajstić information content (AvgIpc) is 3.30. The topological polar surface area (TPSA) is 122 Å². The number of hydrogen-bond donors (Lipinski definition) is 3. The van der Waals surface area contributed by atoms with Gasteiger partial charge in [0.25, 0.3) is 5.91 Å². The third-order valence-electron chi connectivity index (χ3n) is 4.04. The highest BCUT2D eigenvalue weighted by atomic mass is 16.5. The van der Waals surface area contributed by atoms with Crippen molar-refractivity contribution in [2.45, 2.75) is 40.5 Å². The van der Waals surface area contributed by atoms with Gasteiger partial charge in [0.1, 0.15) is 12.1 Å². The van der Waals surface area contributed by atoms with Gasteiger partial charge >= 0.3 is 0 Å². The zero-order valence-corrected chi connectivity index (χ0v) is 18.2. The van der Waals surface area contributed by atoms with Crippen molar-refractivity contribution in [2.24, 2.45) is 0 Å². The van der Waals surface area contributed by atoms with Crippen molar-refractivity contribution >= 4 is 29.0 Å². The lowest BCUT2D eigenvalue weighted by molar-refractivity contribution is -0.114. The van der Waals surface area contributed by atoms with E-state index < -0.39 is 0 Å². The first-order chi connectivity index (χ1) is 15.2. The Bertz CT molecular complexity index is 988. The Morgan fingerprint density at radius 3 is 2.58 bits per heavy atom. The SMILES string of the molecule is CC.CC.O=C1CNc2c(CCc3cc(C(=O)Nc4ccccc4)no3)ncnc2N1. The van der Waals surface area contributed by atoms with E-state index in [4.69, 9.17) is 4.52 Å². The molecule has 0 radical (unpaired) electrons. The van der Waals surface area contributed by atoms with Crippen molar-refractivity contribution in [3.05, 3.63) is 59.9 Å². The molecule has 9 nitrogen and oxygen atoms in total. The highest BCUT2D eigenvalue weighted by Crippen LogP contribution is 2.25. The molecular formula is C22H28N6O3. The van der Waals surface area contributed by atoms with Gasteiger partial charge in [0.15, 0.2) is 11.5 Å². The highest BCUT2D eigenvalue weighted by molar-refractivity contribution is 6.02. The van der Waals surface area contributed by atoms with Gasteiger partial charge in [0, 0.05) is 18.2 Å². The van der Waals surface area contributed by atoms with Crippen LogP contribution in [-0.4, -0.2) is 33.5 Å². The minimum Gasteiger partial charge on any atom is -0.372 e. The van der Waals surface area contributed by atoms with Gasteiger partial charge in [-0.3, -0.25) is 9.59 Å². The molecule has 2 aromatic heterocycles. The van der Waals surface area contributed by atoms with Crippen molar-refractivity contribution in [1.82, 2.24) is 15.1 Å². The second kappa shape index (κ2) is 12.1. The zero-order chi connectivity index (χ0) is 22.6. The lowest BCUT2D eigenvalue weighted by atomic mass is 10.1. The fourth-order valence-corrected chi connectivity index (χ4v) is 2.73. The maximum absolute atomic E-state index is 12.2. The molecule has 0 unspecified atom stereocenters. The summed E-state index contributed by atoms with van der Waals surface area (Å²) in [7, 11) is 0. The summed E-state index contributed by atoms with van der Waals surface area (Å²) in [4.78, 5) is 32.0. The molecule has 0 saturated carbocycles. The molecule has 0 saturated heterocycles. The Morgan fingerprint density at radius 1 is 1.10 bits per heavy atom. The molecule has 4 rings (SSSR count). The molecule has 0 spiro atoms. The van der Waals surface area contributed by atoms with Crippen LogP contribution in [0.15, 0.2) is 47.2 Å². The summed E-state index contributed by atoms with van der Waals surface area (Å²) in [5, 5.41) is 12.3. The summed E-state index contributed by atoms with van der Waals surface area (Å²) >= 11 is 0. The molecule has 1 aromatic carbocycles. The van der Waals surface area contributed by atoms with E-state index in [0.29, 0.717) is 35.8 Å². The van der Waals surface area contributed by atoms with Crippen LogP contribution in [0, 0.1) is 0 Å². The van der Waals surface area contributed by atoms with E-state index in [-0.39, 0.29) is 24.1 Å². The van der Waals surface area contributed by atoms with Gasteiger partial charge in [0.2, 0.25) is 5.91 Å². The normalized spacial score (nSPS) is 11.4. The third kappa shape index (κ3) is 6.36. The number of benzene rings is 1. The summed E-state index contributed by atoms with van der Waals surface area (Å²) in [5.41, 5.74) is 2.36. The molecule has 1 aliphatic heterocycles. The fourth-order valence-electron chi connectivity index (χ4n) is 2.73. The van der Waals surface area contributed by atoms with E-state index in [1.807, 2.05) is 45.9 Å². The first-order valence-corrected chi connectivity index (χ1v) is 10.4. The molecule has 0 bridgehead atoms. The van der Waals surface area contributed by atoms with Crippen LogP contribution < -0.4 is 16.0 Å². The van der Waals surface area contributed by atoms with E-state index in [1.165, 1.54) is 6.33 Å². The van der Waals surface area contributed by atoms with Crippen LogP contribution >= 0.6 is 0 Å². The maximum atomic E-state index is 12.2. The van der Waals surface area contributed by atoms with E-state index in [1.54, 1.807) is 18.2 Å². The van der Waals surface area contributed by atoms with Crippen LogP contribution in [0.25, 0.3) is 0 Å². The van der Waals surface area contributed by atoms with Crippen LogP contribution in [0.4, 0.5) is 17.2 Å². The summed E-state index contributed by atoms with van der Waals surface area (Å²) in [6, 6.07) is 10.7. The van der Waals surface area contributed by atoms with Crippen LogP contribution in [0.2, 0.25) is 0 Å². The first-order valence-electron chi connectivity index (χ1n) is 10.4. The summed E-state index contributed by atoms with van der Waals surface area (Å²) in [6.07, 6.45) is 2.45. The highest BCUT2D eigenvalue weighted by Gasteiger charge is 2.20. The monoisotopic (exact) mass is 424 g/mol.